The summed E-state index contributed by atoms with van der Waals surface area (Å²) in [6.07, 6.45) is 2.67. The minimum absolute atomic E-state index is 0.576. The summed E-state index contributed by atoms with van der Waals surface area (Å²) in [5.41, 5.74) is 0. The van der Waals surface area contributed by atoms with Crippen LogP contribution in [-0.2, 0) is 10.8 Å². The van der Waals surface area contributed by atoms with Crippen LogP contribution in [0.25, 0.3) is 0 Å². The maximum Gasteiger partial charge on any atom is 0.0362 e. The van der Waals surface area contributed by atoms with Gasteiger partial charge in [-0.25, -0.2) is 0 Å². The van der Waals surface area contributed by atoms with E-state index >= 15 is 0 Å². The Morgan fingerprint density at radius 2 is 2.00 bits per heavy atom. The first-order chi connectivity index (χ1) is 6.84. The van der Waals surface area contributed by atoms with Crippen LogP contribution in [0, 0.1) is 5.92 Å². The van der Waals surface area contributed by atoms with Crippen molar-refractivity contribution >= 4 is 10.8 Å². The smallest absolute Gasteiger partial charge is 0.0362 e. The second-order valence-electron chi connectivity index (χ2n) is 4.38. The second kappa shape index (κ2) is 5.24. The second-order valence-corrected chi connectivity index (χ2v) is 6.00. The average molecular weight is 216 g/mol. The predicted molar refractivity (Wildman–Crippen MR) is 59.9 cm³/mol. The molecule has 2 heterocycles. The fourth-order valence-corrected chi connectivity index (χ4v) is 3.44. The van der Waals surface area contributed by atoms with Crippen LogP contribution in [0.2, 0.25) is 0 Å². The van der Waals surface area contributed by atoms with Crippen molar-refractivity contribution in [3.63, 3.8) is 0 Å². The summed E-state index contributed by atoms with van der Waals surface area (Å²) in [5.74, 6) is 2.49. The van der Waals surface area contributed by atoms with Gasteiger partial charge in [0.25, 0.3) is 0 Å². The van der Waals surface area contributed by atoms with Crippen LogP contribution in [0.3, 0.4) is 0 Å². The first-order valence-corrected chi connectivity index (χ1v) is 7.11. The van der Waals surface area contributed by atoms with Crippen LogP contribution in [0.15, 0.2) is 0 Å². The summed E-state index contributed by atoms with van der Waals surface area (Å²) in [7, 11) is -0.576. The number of hydrogen-bond acceptors (Lipinski definition) is 3. The van der Waals surface area contributed by atoms with Crippen molar-refractivity contribution < 1.29 is 4.21 Å². The summed E-state index contributed by atoms with van der Waals surface area (Å²) in [4.78, 5) is 2.44. The molecule has 3 nitrogen and oxygen atoms in total. The molecule has 0 aliphatic carbocycles. The van der Waals surface area contributed by atoms with Gasteiger partial charge in [-0.15, -0.1) is 0 Å². The molecule has 0 aromatic carbocycles. The van der Waals surface area contributed by atoms with Gasteiger partial charge in [-0.1, -0.05) is 0 Å². The molecule has 2 saturated heterocycles. The molecule has 14 heavy (non-hydrogen) atoms. The SMILES string of the molecule is O=S(CCN1CCCC1)CC1CNC1. The van der Waals surface area contributed by atoms with Gasteiger partial charge >= 0.3 is 0 Å². The average Bonchev–Trinajstić information content (AvgIpc) is 2.60. The van der Waals surface area contributed by atoms with Gasteiger partial charge in [-0.2, -0.15) is 0 Å². The highest BCUT2D eigenvalue weighted by Crippen LogP contribution is 2.08. The Balaban J connectivity index is 1.57. The van der Waals surface area contributed by atoms with E-state index in [1.54, 1.807) is 0 Å². The first kappa shape index (κ1) is 10.6. The van der Waals surface area contributed by atoms with Gasteiger partial charge in [0.05, 0.1) is 0 Å². The highest BCUT2D eigenvalue weighted by molar-refractivity contribution is 7.85. The Labute approximate surface area is 88.7 Å². The zero-order valence-corrected chi connectivity index (χ0v) is 9.52. The minimum Gasteiger partial charge on any atom is -0.316 e. The van der Waals surface area contributed by atoms with E-state index in [1.165, 1.54) is 25.9 Å². The molecule has 1 N–H and O–H groups in total. The fraction of sp³-hybridized carbons (Fsp3) is 1.00. The third kappa shape index (κ3) is 3.04. The van der Waals surface area contributed by atoms with E-state index in [0.29, 0.717) is 5.92 Å². The first-order valence-electron chi connectivity index (χ1n) is 5.62. The lowest BCUT2D eigenvalue weighted by Gasteiger charge is -2.26. The normalized spacial score (nSPS) is 26.3. The highest BCUT2D eigenvalue weighted by atomic mass is 32.2. The minimum atomic E-state index is -0.576. The fourth-order valence-electron chi connectivity index (χ4n) is 2.05. The molecule has 0 bridgehead atoms. The molecule has 82 valence electrons. The lowest BCUT2D eigenvalue weighted by Crippen LogP contribution is -2.45. The third-order valence-corrected chi connectivity index (χ3v) is 4.60. The van der Waals surface area contributed by atoms with Gasteiger partial charge in [-0.05, 0) is 31.8 Å². The number of nitrogens with zero attached hydrogens (tertiary/aromatic N) is 1. The van der Waals surface area contributed by atoms with E-state index in [9.17, 15) is 4.21 Å². The van der Waals surface area contributed by atoms with E-state index in [0.717, 1.165) is 31.1 Å². The monoisotopic (exact) mass is 216 g/mol. The molecular weight excluding hydrogens is 196 g/mol. The maximum absolute atomic E-state index is 11.7. The Morgan fingerprint density at radius 3 is 2.57 bits per heavy atom. The van der Waals surface area contributed by atoms with Crippen molar-refractivity contribution in [1.29, 1.82) is 0 Å². The predicted octanol–water partition coefficient (Wildman–Crippen LogP) is 0.0503. The van der Waals surface area contributed by atoms with E-state index in [-0.39, 0.29) is 0 Å². The molecule has 4 heteroatoms. The molecule has 0 radical (unpaired) electrons. The van der Waals surface area contributed by atoms with Gasteiger partial charge in [0.15, 0.2) is 0 Å². The lowest BCUT2D eigenvalue weighted by atomic mass is 10.1. The standard InChI is InChI=1S/C10H20N2OS/c13-14(9-10-7-11-8-10)6-5-12-3-1-2-4-12/h10-11H,1-9H2. The third-order valence-electron chi connectivity index (χ3n) is 3.12. The van der Waals surface area contributed by atoms with Crippen LogP contribution >= 0.6 is 0 Å². The maximum atomic E-state index is 11.7. The van der Waals surface area contributed by atoms with Crippen molar-refractivity contribution in [1.82, 2.24) is 10.2 Å². The van der Waals surface area contributed by atoms with Gasteiger partial charge in [0, 0.05) is 41.9 Å². The molecule has 2 fully saturated rings. The summed E-state index contributed by atoms with van der Waals surface area (Å²) in [6, 6.07) is 0. The summed E-state index contributed by atoms with van der Waals surface area (Å²) in [5, 5.41) is 3.22. The number of rotatable bonds is 5. The number of hydrogen-bond donors (Lipinski definition) is 1. The highest BCUT2D eigenvalue weighted by Gasteiger charge is 2.20. The van der Waals surface area contributed by atoms with E-state index in [1.807, 2.05) is 0 Å². The molecule has 0 aromatic rings. The van der Waals surface area contributed by atoms with Gasteiger partial charge in [-0.3, -0.25) is 4.21 Å². The molecule has 0 aromatic heterocycles. The van der Waals surface area contributed by atoms with Crippen LogP contribution in [-0.4, -0.2) is 53.3 Å². The molecular formula is C10H20N2OS. The molecule has 0 amide bonds. The van der Waals surface area contributed by atoms with E-state index in [2.05, 4.69) is 10.2 Å². The molecule has 2 aliphatic rings. The van der Waals surface area contributed by atoms with Crippen LogP contribution < -0.4 is 5.32 Å². The summed E-state index contributed by atoms with van der Waals surface area (Å²) >= 11 is 0. The Kier molecular flexibility index (Phi) is 3.96. The van der Waals surface area contributed by atoms with Crippen molar-refractivity contribution in [2.24, 2.45) is 5.92 Å². The Morgan fingerprint density at radius 1 is 1.29 bits per heavy atom. The zero-order valence-electron chi connectivity index (χ0n) is 8.71. The summed E-state index contributed by atoms with van der Waals surface area (Å²) in [6.45, 7) is 5.65. The summed E-state index contributed by atoms with van der Waals surface area (Å²) < 4.78 is 11.7. The molecule has 1 atom stereocenters. The van der Waals surface area contributed by atoms with Crippen molar-refractivity contribution in [3.8, 4) is 0 Å². The van der Waals surface area contributed by atoms with Crippen molar-refractivity contribution in [3.05, 3.63) is 0 Å². The number of likely N-dealkylation sites (tertiary alicyclic amines) is 1. The zero-order chi connectivity index (χ0) is 9.80. The molecule has 0 saturated carbocycles. The Hall–Kier alpha value is 0.0700. The van der Waals surface area contributed by atoms with E-state index < -0.39 is 10.8 Å². The van der Waals surface area contributed by atoms with Crippen molar-refractivity contribution in [2.45, 2.75) is 12.8 Å². The van der Waals surface area contributed by atoms with Crippen LogP contribution in [0.4, 0.5) is 0 Å². The Bertz CT molecular complexity index is 200. The van der Waals surface area contributed by atoms with E-state index in [4.69, 9.17) is 0 Å². The van der Waals surface area contributed by atoms with Gasteiger partial charge in [0.1, 0.15) is 0 Å². The molecule has 2 rings (SSSR count). The number of nitrogens with one attached hydrogen (secondary N) is 1. The lowest BCUT2D eigenvalue weighted by molar-refractivity contribution is 0.358. The van der Waals surface area contributed by atoms with Gasteiger partial charge < -0.3 is 10.2 Å². The quantitative estimate of drug-likeness (QED) is 0.705. The molecule has 1 unspecified atom stereocenters. The molecule has 2 aliphatic heterocycles. The van der Waals surface area contributed by atoms with Crippen LogP contribution in [0.1, 0.15) is 12.8 Å². The van der Waals surface area contributed by atoms with Crippen LogP contribution in [0.5, 0.6) is 0 Å². The molecule has 0 spiro atoms. The van der Waals surface area contributed by atoms with Crippen molar-refractivity contribution in [2.75, 3.05) is 44.2 Å². The topological polar surface area (TPSA) is 32.3 Å². The van der Waals surface area contributed by atoms with Gasteiger partial charge in [0.2, 0.25) is 0 Å². The largest absolute Gasteiger partial charge is 0.316 e.